The molecule has 0 atom stereocenters. The largest absolute Gasteiger partial charge is 0.504 e. The first-order valence-electron chi connectivity index (χ1n) is 7.60. The molecule has 1 aromatic carbocycles. The fourth-order valence-electron chi connectivity index (χ4n) is 2.64. The number of piperidine rings is 1. The Morgan fingerprint density at radius 1 is 1.21 bits per heavy atom. The van der Waals surface area contributed by atoms with Crippen LogP contribution in [0.2, 0.25) is 0 Å². The summed E-state index contributed by atoms with van der Waals surface area (Å²) < 4.78 is 0. The maximum absolute atomic E-state index is 12.0. The molecule has 4 N–H and O–H groups in total. The molecule has 8 nitrogen and oxygen atoms in total. The number of aromatic hydroxyl groups is 3. The lowest BCUT2D eigenvalue weighted by molar-refractivity contribution is -0.131. The van der Waals surface area contributed by atoms with E-state index in [2.05, 4.69) is 5.32 Å². The molecule has 1 aliphatic rings. The van der Waals surface area contributed by atoms with Gasteiger partial charge in [-0.2, -0.15) is 5.26 Å². The molecule has 128 valence electrons. The maximum Gasteiger partial charge on any atom is 0.251 e. The van der Waals surface area contributed by atoms with E-state index in [9.17, 15) is 24.9 Å². The lowest BCUT2D eigenvalue weighted by atomic mass is 9.96. The van der Waals surface area contributed by atoms with Crippen molar-refractivity contribution < 1.29 is 24.9 Å². The van der Waals surface area contributed by atoms with Crippen molar-refractivity contribution in [1.82, 2.24) is 10.2 Å². The molecule has 0 bridgehead atoms. The van der Waals surface area contributed by atoms with E-state index in [1.54, 1.807) is 4.90 Å². The van der Waals surface area contributed by atoms with Crippen LogP contribution in [0.5, 0.6) is 17.2 Å². The molecule has 1 aromatic rings. The molecule has 24 heavy (non-hydrogen) atoms. The van der Waals surface area contributed by atoms with Crippen molar-refractivity contribution in [2.75, 3.05) is 19.6 Å². The van der Waals surface area contributed by atoms with Crippen LogP contribution in [0, 0.1) is 17.2 Å². The summed E-state index contributed by atoms with van der Waals surface area (Å²) in [6.45, 7) is 1.52. The second-order valence-electron chi connectivity index (χ2n) is 5.73. The van der Waals surface area contributed by atoms with Crippen LogP contribution in [0.4, 0.5) is 0 Å². The van der Waals surface area contributed by atoms with Gasteiger partial charge in [0.15, 0.2) is 17.2 Å². The summed E-state index contributed by atoms with van der Waals surface area (Å²) in [4.78, 5) is 25.3. The molecule has 0 spiro atoms. The number of nitriles is 1. The molecule has 1 heterocycles. The summed E-state index contributed by atoms with van der Waals surface area (Å²) in [6, 6.07) is 3.99. The van der Waals surface area contributed by atoms with Crippen LogP contribution < -0.4 is 5.32 Å². The standard InChI is InChI=1S/C16H19N3O5/c17-4-1-14(22)19-5-2-10(3-6-19)9-18-16(24)11-7-12(20)15(23)13(21)8-11/h7-8,10,20-21,23H,1-3,5-6,9H2,(H,18,24). The van der Waals surface area contributed by atoms with Gasteiger partial charge in [-0.25, -0.2) is 0 Å². The Bertz CT molecular complexity index is 652. The molecule has 2 amide bonds. The minimum absolute atomic E-state index is 0.0458. The molecule has 0 unspecified atom stereocenters. The van der Waals surface area contributed by atoms with E-state index < -0.39 is 23.2 Å². The quantitative estimate of drug-likeness (QED) is 0.599. The van der Waals surface area contributed by atoms with Gasteiger partial charge in [-0.3, -0.25) is 9.59 Å². The number of hydrogen-bond acceptors (Lipinski definition) is 6. The SMILES string of the molecule is N#CCC(=O)N1CCC(CNC(=O)c2cc(O)c(O)c(O)c2)CC1. The number of benzene rings is 1. The van der Waals surface area contributed by atoms with Gasteiger partial charge in [0.25, 0.3) is 5.91 Å². The number of carbonyl (C=O) groups is 2. The summed E-state index contributed by atoms with van der Waals surface area (Å²) in [5.74, 6) is -2.23. The molecular weight excluding hydrogens is 314 g/mol. The Balaban J connectivity index is 1.83. The molecule has 1 aliphatic heterocycles. The highest BCUT2D eigenvalue weighted by atomic mass is 16.3. The monoisotopic (exact) mass is 333 g/mol. The highest BCUT2D eigenvalue weighted by Crippen LogP contribution is 2.35. The van der Waals surface area contributed by atoms with Gasteiger partial charge in [0.2, 0.25) is 5.91 Å². The molecule has 2 rings (SSSR count). The molecule has 8 heteroatoms. The van der Waals surface area contributed by atoms with Crippen LogP contribution in [0.25, 0.3) is 0 Å². The molecule has 1 fully saturated rings. The Kier molecular flexibility index (Phi) is 5.47. The number of likely N-dealkylation sites (tertiary alicyclic amines) is 1. The van der Waals surface area contributed by atoms with Crippen LogP contribution >= 0.6 is 0 Å². The van der Waals surface area contributed by atoms with Crippen molar-refractivity contribution >= 4 is 11.8 Å². The number of phenolic OH excluding ortho intramolecular Hbond substituents is 3. The maximum atomic E-state index is 12.0. The fraction of sp³-hybridized carbons (Fsp3) is 0.438. The third kappa shape index (κ3) is 4.07. The number of rotatable bonds is 4. The molecule has 0 aliphatic carbocycles. The lowest BCUT2D eigenvalue weighted by Gasteiger charge is -2.31. The summed E-state index contributed by atoms with van der Waals surface area (Å²) in [7, 11) is 0. The third-order valence-electron chi connectivity index (χ3n) is 4.08. The molecular formula is C16H19N3O5. The van der Waals surface area contributed by atoms with Crippen molar-refractivity contribution in [1.29, 1.82) is 5.26 Å². The topological polar surface area (TPSA) is 134 Å². The minimum atomic E-state index is -0.666. The summed E-state index contributed by atoms with van der Waals surface area (Å²) in [5.41, 5.74) is 0.0458. The van der Waals surface area contributed by atoms with E-state index in [1.807, 2.05) is 6.07 Å². The highest BCUT2D eigenvalue weighted by Gasteiger charge is 2.23. The normalized spacial score (nSPS) is 14.9. The van der Waals surface area contributed by atoms with Crippen LogP contribution in [0.1, 0.15) is 29.6 Å². The predicted molar refractivity (Wildman–Crippen MR) is 83.3 cm³/mol. The summed E-state index contributed by atoms with van der Waals surface area (Å²) >= 11 is 0. The van der Waals surface area contributed by atoms with Gasteiger partial charge in [-0.05, 0) is 30.9 Å². The fourth-order valence-corrected chi connectivity index (χ4v) is 2.64. The second-order valence-corrected chi connectivity index (χ2v) is 5.73. The molecule has 1 saturated heterocycles. The van der Waals surface area contributed by atoms with Crippen molar-refractivity contribution in [3.05, 3.63) is 17.7 Å². The molecule has 0 aromatic heterocycles. The first-order valence-corrected chi connectivity index (χ1v) is 7.60. The Morgan fingerprint density at radius 2 is 1.79 bits per heavy atom. The van der Waals surface area contributed by atoms with E-state index in [1.165, 1.54) is 0 Å². The van der Waals surface area contributed by atoms with Crippen molar-refractivity contribution in [2.45, 2.75) is 19.3 Å². The predicted octanol–water partition coefficient (Wildman–Crippen LogP) is 0.685. The first kappa shape index (κ1) is 17.4. The smallest absolute Gasteiger partial charge is 0.251 e. The number of nitrogens with one attached hydrogen (secondary N) is 1. The van der Waals surface area contributed by atoms with Crippen LogP contribution in [-0.2, 0) is 4.79 Å². The van der Waals surface area contributed by atoms with Crippen LogP contribution in [-0.4, -0.2) is 51.7 Å². The van der Waals surface area contributed by atoms with Gasteiger partial charge in [0.05, 0.1) is 6.07 Å². The van der Waals surface area contributed by atoms with Crippen molar-refractivity contribution in [2.24, 2.45) is 5.92 Å². The first-order chi connectivity index (χ1) is 11.4. The molecule has 0 radical (unpaired) electrons. The van der Waals surface area contributed by atoms with E-state index in [0.717, 1.165) is 25.0 Å². The average Bonchev–Trinajstić information content (AvgIpc) is 2.57. The Labute approximate surface area is 138 Å². The highest BCUT2D eigenvalue weighted by molar-refractivity contribution is 5.95. The molecule has 0 saturated carbocycles. The van der Waals surface area contributed by atoms with E-state index in [-0.39, 0.29) is 23.8 Å². The van der Waals surface area contributed by atoms with E-state index in [4.69, 9.17) is 5.26 Å². The van der Waals surface area contributed by atoms with Gasteiger partial charge in [-0.15, -0.1) is 0 Å². The van der Waals surface area contributed by atoms with Gasteiger partial charge < -0.3 is 25.5 Å². The van der Waals surface area contributed by atoms with Gasteiger partial charge in [-0.1, -0.05) is 0 Å². The number of amides is 2. The lowest BCUT2D eigenvalue weighted by Crippen LogP contribution is -2.41. The van der Waals surface area contributed by atoms with Gasteiger partial charge in [0.1, 0.15) is 6.42 Å². The summed E-state index contributed by atoms with van der Waals surface area (Å²) in [5, 5.41) is 39.4. The zero-order chi connectivity index (χ0) is 17.7. The van der Waals surface area contributed by atoms with E-state index >= 15 is 0 Å². The van der Waals surface area contributed by atoms with Crippen molar-refractivity contribution in [3.8, 4) is 23.3 Å². The third-order valence-corrected chi connectivity index (χ3v) is 4.08. The van der Waals surface area contributed by atoms with Crippen LogP contribution in [0.3, 0.4) is 0 Å². The average molecular weight is 333 g/mol. The number of nitrogens with zero attached hydrogens (tertiary/aromatic N) is 2. The number of carbonyl (C=O) groups excluding carboxylic acids is 2. The van der Waals surface area contributed by atoms with E-state index in [0.29, 0.717) is 19.6 Å². The van der Waals surface area contributed by atoms with Crippen LogP contribution in [0.15, 0.2) is 12.1 Å². The van der Waals surface area contributed by atoms with Gasteiger partial charge in [0, 0.05) is 25.2 Å². The number of hydrogen-bond donors (Lipinski definition) is 4. The second kappa shape index (κ2) is 7.55. The zero-order valence-electron chi connectivity index (χ0n) is 13.0. The summed E-state index contributed by atoms with van der Waals surface area (Å²) in [6.07, 6.45) is 1.34. The zero-order valence-corrected chi connectivity index (χ0v) is 13.0. The van der Waals surface area contributed by atoms with Crippen molar-refractivity contribution in [3.63, 3.8) is 0 Å². The Hall–Kier alpha value is -2.95. The minimum Gasteiger partial charge on any atom is -0.504 e. The Morgan fingerprint density at radius 3 is 2.33 bits per heavy atom. The van der Waals surface area contributed by atoms with Gasteiger partial charge >= 0.3 is 0 Å². The number of phenols is 3.